The lowest BCUT2D eigenvalue weighted by Crippen LogP contribution is -2.47. The van der Waals surface area contributed by atoms with Crippen molar-refractivity contribution >= 4 is 0 Å². The standard InChI is InChI=1S/C15H20FNO/c16-12-5-6-13-11(9-12)3-1-4-14(13)17-10-15(18)7-2-8-15/h5-6,9,14,17-18H,1-4,7-8,10H2. The van der Waals surface area contributed by atoms with Crippen LogP contribution in [0.3, 0.4) is 0 Å². The molecule has 0 heterocycles. The summed E-state index contributed by atoms with van der Waals surface area (Å²) in [5, 5.41) is 13.6. The molecular weight excluding hydrogens is 229 g/mol. The molecule has 0 aliphatic heterocycles. The van der Waals surface area contributed by atoms with Crippen molar-refractivity contribution in [1.29, 1.82) is 0 Å². The average Bonchev–Trinajstić information content (AvgIpc) is 2.33. The van der Waals surface area contributed by atoms with Crippen LogP contribution in [0.2, 0.25) is 0 Å². The third-order valence-electron chi connectivity index (χ3n) is 4.38. The molecule has 2 N–H and O–H groups in total. The molecule has 0 bridgehead atoms. The van der Waals surface area contributed by atoms with Gasteiger partial charge in [0.25, 0.3) is 0 Å². The Kier molecular flexibility index (Phi) is 3.12. The molecule has 0 saturated heterocycles. The summed E-state index contributed by atoms with van der Waals surface area (Å²) in [4.78, 5) is 0. The lowest BCUT2D eigenvalue weighted by atomic mass is 9.79. The van der Waals surface area contributed by atoms with Crippen LogP contribution in [0.25, 0.3) is 0 Å². The van der Waals surface area contributed by atoms with Gasteiger partial charge in [0.1, 0.15) is 5.82 Å². The van der Waals surface area contributed by atoms with Crippen LogP contribution in [0.1, 0.15) is 49.3 Å². The Morgan fingerprint density at radius 3 is 2.89 bits per heavy atom. The van der Waals surface area contributed by atoms with Crippen molar-refractivity contribution in [3.8, 4) is 0 Å². The van der Waals surface area contributed by atoms with Crippen LogP contribution in [0, 0.1) is 5.82 Å². The van der Waals surface area contributed by atoms with Crippen molar-refractivity contribution in [2.45, 2.75) is 50.2 Å². The predicted molar refractivity (Wildman–Crippen MR) is 68.9 cm³/mol. The fraction of sp³-hybridized carbons (Fsp3) is 0.600. The number of aryl methyl sites for hydroxylation is 1. The fourth-order valence-electron chi connectivity index (χ4n) is 3.07. The van der Waals surface area contributed by atoms with Crippen LogP contribution in [0.4, 0.5) is 4.39 Å². The van der Waals surface area contributed by atoms with E-state index in [1.54, 1.807) is 6.07 Å². The lowest BCUT2D eigenvalue weighted by Gasteiger charge is -2.38. The van der Waals surface area contributed by atoms with Gasteiger partial charge in [-0.3, -0.25) is 0 Å². The van der Waals surface area contributed by atoms with E-state index < -0.39 is 5.60 Å². The molecular formula is C15H20FNO. The zero-order chi connectivity index (χ0) is 12.6. The SMILES string of the molecule is OC1(CNC2CCCc3cc(F)ccc32)CCC1. The molecule has 0 spiro atoms. The second kappa shape index (κ2) is 4.63. The van der Waals surface area contributed by atoms with Gasteiger partial charge in [-0.15, -0.1) is 0 Å². The Bertz CT molecular complexity index is 442. The van der Waals surface area contributed by atoms with Gasteiger partial charge < -0.3 is 10.4 Å². The molecule has 0 radical (unpaired) electrons. The lowest BCUT2D eigenvalue weighted by molar-refractivity contribution is -0.0336. The van der Waals surface area contributed by atoms with E-state index in [0.29, 0.717) is 6.54 Å². The molecule has 3 heteroatoms. The molecule has 98 valence electrons. The minimum atomic E-state index is -0.488. The molecule has 1 aromatic carbocycles. The number of aliphatic hydroxyl groups is 1. The van der Waals surface area contributed by atoms with Crippen LogP contribution < -0.4 is 5.32 Å². The van der Waals surface area contributed by atoms with E-state index in [0.717, 1.165) is 44.1 Å². The van der Waals surface area contributed by atoms with Crippen molar-refractivity contribution < 1.29 is 9.50 Å². The highest BCUT2D eigenvalue weighted by Crippen LogP contribution is 2.34. The molecule has 1 saturated carbocycles. The maximum Gasteiger partial charge on any atom is 0.123 e. The number of halogens is 1. The highest BCUT2D eigenvalue weighted by Gasteiger charge is 2.35. The van der Waals surface area contributed by atoms with Gasteiger partial charge in [0.05, 0.1) is 5.60 Å². The topological polar surface area (TPSA) is 32.3 Å². The molecule has 0 aromatic heterocycles. The van der Waals surface area contributed by atoms with E-state index in [9.17, 15) is 9.50 Å². The second-order valence-electron chi connectivity index (χ2n) is 5.75. The van der Waals surface area contributed by atoms with Gasteiger partial charge in [-0.2, -0.15) is 0 Å². The van der Waals surface area contributed by atoms with Crippen LogP contribution in [-0.2, 0) is 6.42 Å². The average molecular weight is 249 g/mol. The van der Waals surface area contributed by atoms with Gasteiger partial charge in [0, 0.05) is 12.6 Å². The van der Waals surface area contributed by atoms with Crippen LogP contribution >= 0.6 is 0 Å². The normalized spacial score (nSPS) is 25.3. The molecule has 1 unspecified atom stereocenters. The zero-order valence-corrected chi connectivity index (χ0v) is 10.6. The number of benzene rings is 1. The predicted octanol–water partition coefficient (Wildman–Crippen LogP) is 2.71. The Morgan fingerprint density at radius 2 is 2.17 bits per heavy atom. The Labute approximate surface area is 107 Å². The maximum atomic E-state index is 13.2. The van der Waals surface area contributed by atoms with Gasteiger partial charge in [-0.1, -0.05) is 6.07 Å². The Balaban J connectivity index is 1.71. The summed E-state index contributed by atoms with van der Waals surface area (Å²) in [6.07, 6.45) is 6.08. The van der Waals surface area contributed by atoms with Crippen molar-refractivity contribution in [3.05, 3.63) is 35.1 Å². The molecule has 1 fully saturated rings. The molecule has 1 aromatic rings. The van der Waals surface area contributed by atoms with E-state index in [1.165, 1.54) is 11.6 Å². The van der Waals surface area contributed by atoms with Gasteiger partial charge >= 0.3 is 0 Å². The van der Waals surface area contributed by atoms with Gasteiger partial charge in [0.15, 0.2) is 0 Å². The smallest absolute Gasteiger partial charge is 0.123 e. The maximum absolute atomic E-state index is 13.2. The first-order valence-electron chi connectivity index (χ1n) is 6.90. The highest BCUT2D eigenvalue weighted by atomic mass is 19.1. The third kappa shape index (κ3) is 2.29. The molecule has 2 aliphatic rings. The summed E-state index contributed by atoms with van der Waals surface area (Å²) in [6.45, 7) is 0.661. The number of hydrogen-bond acceptors (Lipinski definition) is 2. The van der Waals surface area contributed by atoms with Crippen molar-refractivity contribution in [1.82, 2.24) is 5.32 Å². The molecule has 1 atom stereocenters. The first kappa shape index (κ1) is 12.1. The number of fused-ring (bicyclic) bond motifs is 1. The quantitative estimate of drug-likeness (QED) is 0.863. The van der Waals surface area contributed by atoms with Crippen LogP contribution in [0.5, 0.6) is 0 Å². The third-order valence-corrected chi connectivity index (χ3v) is 4.38. The molecule has 0 amide bonds. The van der Waals surface area contributed by atoms with E-state index >= 15 is 0 Å². The monoisotopic (exact) mass is 249 g/mol. The van der Waals surface area contributed by atoms with Crippen molar-refractivity contribution in [2.75, 3.05) is 6.54 Å². The highest BCUT2D eigenvalue weighted by molar-refractivity contribution is 5.32. The van der Waals surface area contributed by atoms with E-state index in [1.807, 2.05) is 6.07 Å². The fourth-order valence-corrected chi connectivity index (χ4v) is 3.07. The molecule has 2 aliphatic carbocycles. The summed E-state index contributed by atoms with van der Waals surface area (Å²) in [5.74, 6) is -0.146. The molecule has 3 rings (SSSR count). The van der Waals surface area contributed by atoms with Crippen LogP contribution in [-0.4, -0.2) is 17.3 Å². The summed E-state index contributed by atoms with van der Waals surface area (Å²) < 4.78 is 13.2. The molecule has 18 heavy (non-hydrogen) atoms. The van der Waals surface area contributed by atoms with Gasteiger partial charge in [0.2, 0.25) is 0 Å². The minimum absolute atomic E-state index is 0.146. The minimum Gasteiger partial charge on any atom is -0.389 e. The van der Waals surface area contributed by atoms with Crippen molar-refractivity contribution in [2.24, 2.45) is 0 Å². The Hall–Kier alpha value is -0.930. The van der Waals surface area contributed by atoms with E-state index in [-0.39, 0.29) is 11.9 Å². The summed E-state index contributed by atoms with van der Waals surface area (Å²) in [6, 6.07) is 5.36. The van der Waals surface area contributed by atoms with Gasteiger partial charge in [-0.25, -0.2) is 4.39 Å². The van der Waals surface area contributed by atoms with E-state index in [4.69, 9.17) is 0 Å². The van der Waals surface area contributed by atoms with Crippen LogP contribution in [0.15, 0.2) is 18.2 Å². The largest absolute Gasteiger partial charge is 0.389 e. The second-order valence-corrected chi connectivity index (χ2v) is 5.75. The summed E-state index contributed by atoms with van der Waals surface area (Å²) >= 11 is 0. The molecule has 2 nitrogen and oxygen atoms in total. The zero-order valence-electron chi connectivity index (χ0n) is 10.6. The number of rotatable bonds is 3. The summed E-state index contributed by atoms with van der Waals surface area (Å²) in [7, 11) is 0. The van der Waals surface area contributed by atoms with Gasteiger partial charge in [-0.05, 0) is 61.8 Å². The Morgan fingerprint density at radius 1 is 1.33 bits per heavy atom. The number of hydrogen-bond donors (Lipinski definition) is 2. The van der Waals surface area contributed by atoms with Crippen molar-refractivity contribution in [3.63, 3.8) is 0 Å². The first-order valence-corrected chi connectivity index (χ1v) is 6.90. The first-order chi connectivity index (χ1) is 8.66. The van der Waals surface area contributed by atoms with E-state index in [2.05, 4.69) is 5.32 Å². The summed E-state index contributed by atoms with van der Waals surface area (Å²) in [5.41, 5.74) is 1.85. The number of nitrogens with one attached hydrogen (secondary N) is 1.